The minimum atomic E-state index is -3.51. The van der Waals surface area contributed by atoms with Crippen molar-refractivity contribution in [3.8, 4) is 0 Å². The lowest BCUT2D eigenvalue weighted by atomic mass is 10.2. The Morgan fingerprint density at radius 3 is 2.32 bits per heavy atom. The third kappa shape index (κ3) is 3.60. The lowest BCUT2D eigenvalue weighted by molar-refractivity contribution is -0.384. The lowest BCUT2D eigenvalue weighted by Gasteiger charge is -2.36. The highest BCUT2D eigenvalue weighted by Crippen LogP contribution is 2.39. The van der Waals surface area contributed by atoms with Gasteiger partial charge >= 0.3 is 0 Å². The van der Waals surface area contributed by atoms with Gasteiger partial charge in [-0.3, -0.25) is 14.9 Å². The van der Waals surface area contributed by atoms with Crippen LogP contribution in [0.4, 0.5) is 11.4 Å². The highest BCUT2D eigenvalue weighted by atomic mass is 32.2. The summed E-state index contributed by atoms with van der Waals surface area (Å²) in [5, 5.41) is 11.4. The molecule has 0 spiro atoms. The van der Waals surface area contributed by atoms with Gasteiger partial charge in [0, 0.05) is 44.4 Å². The third-order valence-corrected chi connectivity index (χ3v) is 6.04. The highest BCUT2D eigenvalue weighted by molar-refractivity contribution is 7.90. The van der Waals surface area contributed by atoms with Gasteiger partial charge < -0.3 is 9.80 Å². The molecule has 2 aliphatic rings. The fourth-order valence-corrected chi connectivity index (χ4v) is 3.86. The molecule has 1 aliphatic heterocycles. The smallest absolute Gasteiger partial charge is 0.293 e. The fraction of sp³-hybridized carbons (Fsp3) is 0.562. The molecule has 8 nitrogen and oxygen atoms in total. The number of amides is 1. The molecule has 1 aromatic rings. The fourth-order valence-electron chi connectivity index (χ4n) is 3.22. The van der Waals surface area contributed by atoms with E-state index in [1.807, 2.05) is 9.80 Å². The number of piperazine rings is 1. The molecule has 0 aromatic heterocycles. The number of nitro benzene ring substituents is 1. The first-order valence-corrected chi connectivity index (χ1v) is 10.1. The minimum absolute atomic E-state index is 0.0699. The Bertz CT molecular complexity index is 815. The Morgan fingerprint density at radius 2 is 1.84 bits per heavy atom. The van der Waals surface area contributed by atoms with Crippen LogP contribution in [0.2, 0.25) is 0 Å². The average molecular weight is 367 g/mol. The van der Waals surface area contributed by atoms with Crippen molar-refractivity contribution >= 4 is 27.1 Å². The topological polar surface area (TPSA) is 101 Å². The molecule has 1 heterocycles. The van der Waals surface area contributed by atoms with Crippen LogP contribution < -0.4 is 4.90 Å². The van der Waals surface area contributed by atoms with E-state index in [2.05, 4.69) is 6.92 Å². The van der Waals surface area contributed by atoms with Gasteiger partial charge in [-0.15, -0.1) is 0 Å². The quantitative estimate of drug-likeness (QED) is 0.587. The van der Waals surface area contributed by atoms with Gasteiger partial charge in [-0.1, -0.05) is 6.92 Å². The first kappa shape index (κ1) is 17.7. The molecule has 136 valence electrons. The van der Waals surface area contributed by atoms with E-state index < -0.39 is 14.8 Å². The van der Waals surface area contributed by atoms with Gasteiger partial charge in [-0.25, -0.2) is 8.42 Å². The molecule has 0 bridgehead atoms. The number of hydrogen-bond donors (Lipinski definition) is 0. The van der Waals surface area contributed by atoms with Crippen molar-refractivity contribution in [2.45, 2.75) is 18.2 Å². The van der Waals surface area contributed by atoms with Gasteiger partial charge in [-0.2, -0.15) is 0 Å². The van der Waals surface area contributed by atoms with Crippen LogP contribution >= 0.6 is 0 Å². The zero-order valence-corrected chi connectivity index (χ0v) is 15.0. The number of benzene rings is 1. The molecule has 1 amide bonds. The number of hydrogen-bond acceptors (Lipinski definition) is 6. The predicted molar refractivity (Wildman–Crippen MR) is 92.3 cm³/mol. The second-order valence-corrected chi connectivity index (χ2v) is 8.83. The monoisotopic (exact) mass is 367 g/mol. The Balaban J connectivity index is 1.76. The number of anilines is 1. The summed E-state index contributed by atoms with van der Waals surface area (Å²) < 4.78 is 23.3. The molecule has 0 radical (unpaired) electrons. The van der Waals surface area contributed by atoms with Gasteiger partial charge in [0.1, 0.15) is 5.69 Å². The van der Waals surface area contributed by atoms with Crippen LogP contribution in [0.3, 0.4) is 0 Å². The molecule has 0 N–H and O–H groups in total. The number of sulfone groups is 1. The second-order valence-electron chi connectivity index (χ2n) is 6.81. The van der Waals surface area contributed by atoms with Crippen molar-refractivity contribution in [3.63, 3.8) is 0 Å². The maximum Gasteiger partial charge on any atom is 0.293 e. The second kappa shape index (κ2) is 6.29. The van der Waals surface area contributed by atoms with E-state index in [1.165, 1.54) is 12.1 Å². The summed E-state index contributed by atoms with van der Waals surface area (Å²) in [6.07, 6.45) is 1.96. The zero-order valence-electron chi connectivity index (χ0n) is 14.2. The van der Waals surface area contributed by atoms with E-state index in [9.17, 15) is 23.3 Å². The molecule has 25 heavy (non-hydrogen) atoms. The van der Waals surface area contributed by atoms with Crippen LogP contribution in [0.5, 0.6) is 0 Å². The summed E-state index contributed by atoms with van der Waals surface area (Å²) in [5.74, 6) is 0.763. The Labute approximate surface area is 146 Å². The number of nitro groups is 1. The van der Waals surface area contributed by atoms with Crippen LogP contribution in [0.25, 0.3) is 0 Å². The molecule has 2 fully saturated rings. The van der Waals surface area contributed by atoms with Crippen molar-refractivity contribution in [2.24, 2.45) is 11.8 Å². The van der Waals surface area contributed by atoms with Crippen molar-refractivity contribution in [3.05, 3.63) is 28.3 Å². The molecule has 1 saturated carbocycles. The first-order valence-electron chi connectivity index (χ1n) is 8.20. The SMILES string of the molecule is C[C@@H]1C[C@H]1C(=O)N1CCN(c2ccc(S(C)(=O)=O)cc2[N+](=O)[O-])CC1. The molecule has 3 rings (SSSR count). The number of carbonyl (C=O) groups is 1. The molecular weight excluding hydrogens is 346 g/mol. The van der Waals surface area contributed by atoms with E-state index in [4.69, 9.17) is 0 Å². The van der Waals surface area contributed by atoms with Crippen LogP contribution in [0.15, 0.2) is 23.1 Å². The number of nitrogens with zero attached hydrogens (tertiary/aromatic N) is 3. The summed E-state index contributed by atoms with van der Waals surface area (Å²) in [6, 6.07) is 3.98. The van der Waals surface area contributed by atoms with Crippen molar-refractivity contribution in [1.82, 2.24) is 4.90 Å². The zero-order chi connectivity index (χ0) is 18.4. The Morgan fingerprint density at radius 1 is 1.24 bits per heavy atom. The third-order valence-electron chi connectivity index (χ3n) is 4.93. The normalized spacial score (nSPS) is 23.4. The summed E-state index contributed by atoms with van der Waals surface area (Å²) in [5.41, 5.74) is 0.169. The Kier molecular flexibility index (Phi) is 4.44. The van der Waals surface area contributed by atoms with E-state index in [-0.39, 0.29) is 22.4 Å². The van der Waals surface area contributed by atoms with E-state index >= 15 is 0 Å². The molecule has 1 aromatic carbocycles. The standard InChI is InChI=1S/C16H21N3O5S/c1-11-9-13(11)16(20)18-7-5-17(6-8-18)14-4-3-12(25(2,23)24)10-15(14)19(21)22/h3-4,10-11,13H,5-9H2,1-2H3/t11-,13-/m1/s1. The molecule has 0 unspecified atom stereocenters. The van der Waals surface area contributed by atoms with Crippen LogP contribution in [0.1, 0.15) is 13.3 Å². The van der Waals surface area contributed by atoms with Gasteiger partial charge in [0.25, 0.3) is 5.69 Å². The van der Waals surface area contributed by atoms with Crippen molar-refractivity contribution < 1.29 is 18.1 Å². The number of rotatable bonds is 4. The molecular formula is C16H21N3O5S. The van der Waals surface area contributed by atoms with Gasteiger partial charge in [-0.05, 0) is 24.5 Å². The van der Waals surface area contributed by atoms with E-state index in [0.717, 1.165) is 18.7 Å². The van der Waals surface area contributed by atoms with Crippen LogP contribution in [-0.4, -0.2) is 56.6 Å². The molecule has 1 aliphatic carbocycles. The minimum Gasteiger partial charge on any atom is -0.362 e. The van der Waals surface area contributed by atoms with Gasteiger partial charge in [0.2, 0.25) is 5.91 Å². The summed E-state index contributed by atoms with van der Waals surface area (Å²) in [6.45, 7) is 4.09. The van der Waals surface area contributed by atoms with Crippen molar-refractivity contribution in [1.29, 1.82) is 0 Å². The average Bonchev–Trinajstić information content (AvgIpc) is 3.29. The highest BCUT2D eigenvalue weighted by Gasteiger charge is 2.42. The summed E-state index contributed by atoms with van der Waals surface area (Å²) in [4.78, 5) is 26.7. The summed E-state index contributed by atoms with van der Waals surface area (Å²) >= 11 is 0. The molecule has 2 atom stereocenters. The maximum atomic E-state index is 12.3. The van der Waals surface area contributed by atoms with Crippen LogP contribution in [0, 0.1) is 22.0 Å². The Hall–Kier alpha value is -2.16. The summed E-state index contributed by atoms with van der Waals surface area (Å²) in [7, 11) is -3.51. The maximum absolute atomic E-state index is 12.3. The van der Waals surface area contributed by atoms with Crippen molar-refractivity contribution in [2.75, 3.05) is 37.3 Å². The molecule has 9 heteroatoms. The predicted octanol–water partition coefficient (Wildman–Crippen LogP) is 1.30. The van der Waals surface area contributed by atoms with Gasteiger partial charge in [0.05, 0.1) is 9.82 Å². The molecule has 1 saturated heterocycles. The number of carbonyl (C=O) groups excluding carboxylic acids is 1. The first-order chi connectivity index (χ1) is 11.7. The van der Waals surface area contributed by atoms with E-state index in [1.54, 1.807) is 0 Å². The van der Waals surface area contributed by atoms with Gasteiger partial charge in [0.15, 0.2) is 9.84 Å². The van der Waals surface area contributed by atoms with E-state index in [0.29, 0.717) is 37.8 Å². The van der Waals surface area contributed by atoms with Crippen LogP contribution in [-0.2, 0) is 14.6 Å². The lowest BCUT2D eigenvalue weighted by Crippen LogP contribution is -2.49. The largest absolute Gasteiger partial charge is 0.362 e.